The van der Waals surface area contributed by atoms with E-state index in [0.29, 0.717) is 11.1 Å². The average Bonchev–Trinajstić information content (AvgIpc) is 2.84. The summed E-state index contributed by atoms with van der Waals surface area (Å²) in [6, 6.07) is 20.6. The summed E-state index contributed by atoms with van der Waals surface area (Å²) < 4.78 is 5.12. The molecule has 0 saturated carbocycles. The first-order valence-corrected chi connectivity index (χ1v) is 10.1. The van der Waals surface area contributed by atoms with E-state index in [-0.39, 0.29) is 5.91 Å². The first-order chi connectivity index (χ1) is 15.2. The van der Waals surface area contributed by atoms with Gasteiger partial charge < -0.3 is 19.9 Å². The highest BCUT2D eigenvalue weighted by Gasteiger charge is 2.18. The van der Waals surface area contributed by atoms with E-state index in [1.807, 2.05) is 30.3 Å². The summed E-state index contributed by atoms with van der Waals surface area (Å²) in [5.74, 6) is 1.40. The van der Waals surface area contributed by atoms with Crippen LogP contribution in [-0.4, -0.2) is 44.2 Å². The Balaban J connectivity index is 1.34. The van der Waals surface area contributed by atoms with Crippen LogP contribution in [0.15, 0.2) is 66.9 Å². The molecule has 1 aliphatic rings. The van der Waals surface area contributed by atoms with Crippen LogP contribution in [0.4, 0.5) is 17.2 Å². The maximum absolute atomic E-state index is 12.4. The number of pyridine rings is 1. The van der Waals surface area contributed by atoms with Gasteiger partial charge in [0.25, 0.3) is 5.91 Å². The molecular formula is C24H23N5O2. The molecule has 3 aromatic rings. The Morgan fingerprint density at radius 2 is 1.68 bits per heavy atom. The molecule has 7 nitrogen and oxygen atoms in total. The minimum atomic E-state index is -0.156. The Bertz CT molecular complexity index is 1080. The molecule has 1 amide bonds. The Morgan fingerprint density at radius 1 is 1.00 bits per heavy atom. The van der Waals surface area contributed by atoms with Crippen LogP contribution in [0.2, 0.25) is 0 Å². The van der Waals surface area contributed by atoms with Gasteiger partial charge in [0.05, 0.1) is 18.7 Å². The summed E-state index contributed by atoms with van der Waals surface area (Å²) in [6.07, 6.45) is 1.68. The van der Waals surface area contributed by atoms with E-state index in [2.05, 4.69) is 26.2 Å². The zero-order valence-electron chi connectivity index (χ0n) is 17.3. The van der Waals surface area contributed by atoms with Crippen LogP contribution in [0.3, 0.4) is 0 Å². The van der Waals surface area contributed by atoms with Crippen molar-refractivity contribution in [2.45, 2.75) is 0 Å². The van der Waals surface area contributed by atoms with Crippen LogP contribution < -0.4 is 19.9 Å². The highest BCUT2D eigenvalue weighted by Crippen LogP contribution is 2.22. The van der Waals surface area contributed by atoms with Crippen molar-refractivity contribution >= 4 is 23.1 Å². The van der Waals surface area contributed by atoms with Crippen molar-refractivity contribution in [1.29, 1.82) is 5.26 Å². The number of nitriles is 1. The molecule has 0 spiro atoms. The number of rotatable bonds is 5. The Kier molecular flexibility index (Phi) is 5.99. The second-order valence-corrected chi connectivity index (χ2v) is 7.22. The molecular weight excluding hydrogens is 390 g/mol. The lowest BCUT2D eigenvalue weighted by molar-refractivity contribution is 0.102. The van der Waals surface area contributed by atoms with Gasteiger partial charge in [-0.15, -0.1) is 0 Å². The lowest BCUT2D eigenvalue weighted by Gasteiger charge is -2.36. The van der Waals surface area contributed by atoms with Crippen molar-refractivity contribution in [2.24, 2.45) is 0 Å². The Hall–Kier alpha value is -4.05. The van der Waals surface area contributed by atoms with Gasteiger partial charge in [-0.25, -0.2) is 4.98 Å². The number of methoxy groups -OCH3 is 1. The van der Waals surface area contributed by atoms with Crippen molar-refractivity contribution in [3.05, 3.63) is 78.0 Å². The van der Waals surface area contributed by atoms with Crippen molar-refractivity contribution in [1.82, 2.24) is 4.98 Å². The molecule has 2 heterocycles. The third-order valence-electron chi connectivity index (χ3n) is 5.32. The van der Waals surface area contributed by atoms with Gasteiger partial charge in [0, 0.05) is 49.3 Å². The maximum Gasteiger partial charge on any atom is 0.255 e. The zero-order valence-corrected chi connectivity index (χ0v) is 17.3. The number of benzene rings is 2. The fourth-order valence-corrected chi connectivity index (χ4v) is 3.56. The van der Waals surface area contributed by atoms with Crippen LogP contribution in [0.1, 0.15) is 15.9 Å². The van der Waals surface area contributed by atoms with Gasteiger partial charge in [-0.1, -0.05) is 0 Å². The standard InChI is InChI=1S/C24H23N5O2/c1-31-22-8-2-19(3-9-22)24(30)27-20-4-6-21(7-5-20)28-12-14-29(15-13-28)23-16-18(17-25)10-11-26-23/h2-11,16H,12-15H2,1H3,(H,27,30). The fraction of sp³-hybridized carbons (Fsp3) is 0.208. The lowest BCUT2D eigenvalue weighted by Crippen LogP contribution is -2.46. The predicted octanol–water partition coefficient (Wildman–Crippen LogP) is 3.54. The van der Waals surface area contributed by atoms with Gasteiger partial charge >= 0.3 is 0 Å². The summed E-state index contributed by atoms with van der Waals surface area (Å²) in [5, 5.41) is 12.0. The Labute approximate surface area is 181 Å². The van der Waals surface area contributed by atoms with E-state index < -0.39 is 0 Å². The van der Waals surface area contributed by atoms with E-state index in [1.165, 1.54) is 0 Å². The molecule has 1 aromatic heterocycles. The zero-order chi connectivity index (χ0) is 21.6. The molecule has 31 heavy (non-hydrogen) atoms. The van der Waals surface area contributed by atoms with Crippen molar-refractivity contribution in [3.63, 3.8) is 0 Å². The number of nitrogens with zero attached hydrogens (tertiary/aromatic N) is 4. The van der Waals surface area contributed by atoms with E-state index >= 15 is 0 Å². The van der Waals surface area contributed by atoms with Crippen LogP contribution in [0, 0.1) is 11.3 Å². The van der Waals surface area contributed by atoms with Crippen LogP contribution in [0.5, 0.6) is 5.75 Å². The Morgan fingerprint density at radius 3 is 2.32 bits per heavy atom. The molecule has 1 saturated heterocycles. The number of amides is 1. The number of ether oxygens (including phenoxy) is 1. The van der Waals surface area contributed by atoms with Gasteiger partial charge in [-0.2, -0.15) is 5.26 Å². The van der Waals surface area contributed by atoms with Crippen molar-refractivity contribution < 1.29 is 9.53 Å². The molecule has 1 N–H and O–H groups in total. The molecule has 1 fully saturated rings. The third-order valence-corrected chi connectivity index (χ3v) is 5.32. The lowest BCUT2D eigenvalue weighted by atomic mass is 10.2. The second kappa shape index (κ2) is 9.18. The van der Waals surface area contributed by atoms with Gasteiger partial charge in [-0.3, -0.25) is 4.79 Å². The van der Waals surface area contributed by atoms with E-state index in [1.54, 1.807) is 43.6 Å². The summed E-state index contributed by atoms with van der Waals surface area (Å²) >= 11 is 0. The normalized spacial score (nSPS) is 13.4. The number of nitrogens with one attached hydrogen (secondary N) is 1. The van der Waals surface area contributed by atoms with Gasteiger partial charge in [0.1, 0.15) is 11.6 Å². The highest BCUT2D eigenvalue weighted by molar-refractivity contribution is 6.04. The first kappa shape index (κ1) is 20.2. The number of carbonyl (C=O) groups is 1. The third kappa shape index (κ3) is 4.75. The summed E-state index contributed by atoms with van der Waals surface area (Å²) in [6.45, 7) is 3.38. The molecule has 0 bridgehead atoms. The number of carbonyl (C=O) groups excluding carboxylic acids is 1. The monoisotopic (exact) mass is 413 g/mol. The SMILES string of the molecule is COc1ccc(C(=O)Nc2ccc(N3CCN(c4cc(C#N)ccn4)CC3)cc2)cc1. The summed E-state index contributed by atoms with van der Waals surface area (Å²) in [7, 11) is 1.60. The fourth-order valence-electron chi connectivity index (χ4n) is 3.56. The largest absolute Gasteiger partial charge is 0.497 e. The molecule has 0 atom stereocenters. The molecule has 0 radical (unpaired) electrons. The molecule has 0 aliphatic carbocycles. The van der Waals surface area contributed by atoms with Gasteiger partial charge in [0.15, 0.2) is 0 Å². The van der Waals surface area contributed by atoms with Crippen molar-refractivity contribution in [2.75, 3.05) is 48.4 Å². The molecule has 7 heteroatoms. The number of hydrogen-bond donors (Lipinski definition) is 1. The quantitative estimate of drug-likeness (QED) is 0.689. The predicted molar refractivity (Wildman–Crippen MR) is 121 cm³/mol. The first-order valence-electron chi connectivity index (χ1n) is 10.1. The van der Waals surface area contributed by atoms with Crippen LogP contribution in [0.25, 0.3) is 0 Å². The summed E-state index contributed by atoms with van der Waals surface area (Å²) in [4.78, 5) is 21.3. The molecule has 0 unspecified atom stereocenters. The van der Waals surface area contributed by atoms with E-state index in [4.69, 9.17) is 10.00 Å². The number of aromatic nitrogens is 1. The van der Waals surface area contributed by atoms with Crippen molar-refractivity contribution in [3.8, 4) is 11.8 Å². The molecule has 156 valence electrons. The highest BCUT2D eigenvalue weighted by atomic mass is 16.5. The van der Waals surface area contributed by atoms with Crippen LogP contribution in [-0.2, 0) is 0 Å². The number of hydrogen-bond acceptors (Lipinski definition) is 6. The topological polar surface area (TPSA) is 81.5 Å². The number of anilines is 3. The smallest absolute Gasteiger partial charge is 0.255 e. The molecule has 2 aromatic carbocycles. The van der Waals surface area contributed by atoms with E-state index in [0.717, 1.165) is 49.1 Å². The van der Waals surface area contributed by atoms with E-state index in [9.17, 15) is 4.79 Å². The minimum Gasteiger partial charge on any atom is -0.497 e. The average molecular weight is 413 g/mol. The maximum atomic E-state index is 12.4. The number of piperazine rings is 1. The second-order valence-electron chi connectivity index (χ2n) is 7.22. The molecule has 4 rings (SSSR count). The van der Waals surface area contributed by atoms with Gasteiger partial charge in [0.2, 0.25) is 0 Å². The summed E-state index contributed by atoms with van der Waals surface area (Å²) in [5.41, 5.74) is 3.07. The molecule has 1 aliphatic heterocycles. The minimum absolute atomic E-state index is 0.156. The van der Waals surface area contributed by atoms with Crippen LogP contribution >= 0.6 is 0 Å². The van der Waals surface area contributed by atoms with Gasteiger partial charge in [-0.05, 0) is 60.7 Å².